The van der Waals surface area contributed by atoms with Crippen LogP contribution in [0.3, 0.4) is 0 Å². The number of hydrogen-bond donors (Lipinski definition) is 0. The molecule has 2 heterocycles. The number of furan rings is 1. The quantitative estimate of drug-likeness (QED) is 0.815. The summed E-state index contributed by atoms with van der Waals surface area (Å²) in [5, 5.41) is 1.02. The van der Waals surface area contributed by atoms with E-state index in [1.54, 1.807) is 17.1 Å². The Balaban J connectivity index is 1.35. The lowest BCUT2D eigenvalue weighted by molar-refractivity contribution is -0.138. The van der Waals surface area contributed by atoms with Crippen LogP contribution in [0, 0.1) is 5.92 Å². The van der Waals surface area contributed by atoms with Crippen molar-refractivity contribution < 1.29 is 14.0 Å². The molecule has 24 heavy (non-hydrogen) atoms. The lowest BCUT2D eigenvalue weighted by atomic mass is 10.2. The van der Waals surface area contributed by atoms with Crippen molar-refractivity contribution in [3.8, 4) is 0 Å². The van der Waals surface area contributed by atoms with E-state index in [1.807, 2.05) is 35.2 Å². The van der Waals surface area contributed by atoms with Gasteiger partial charge in [0.1, 0.15) is 11.3 Å². The predicted molar refractivity (Wildman–Crippen MR) is 91.1 cm³/mol. The Hall–Kier alpha value is -2.56. The van der Waals surface area contributed by atoms with E-state index in [9.17, 15) is 9.59 Å². The summed E-state index contributed by atoms with van der Waals surface area (Å²) in [6.45, 7) is 2.47. The van der Waals surface area contributed by atoms with Gasteiger partial charge in [0, 0.05) is 43.6 Å². The van der Waals surface area contributed by atoms with E-state index >= 15 is 0 Å². The molecule has 0 N–H and O–H groups in total. The van der Waals surface area contributed by atoms with Gasteiger partial charge in [0.05, 0.1) is 0 Å². The maximum atomic E-state index is 12.3. The summed E-state index contributed by atoms with van der Waals surface area (Å²) in [5.74, 6) is 1.15. The summed E-state index contributed by atoms with van der Waals surface area (Å²) >= 11 is 0. The first-order valence-corrected chi connectivity index (χ1v) is 8.45. The standard InChI is InChI=1S/C19H20N2O3/c22-18(8-7-16-13-15-3-1-2-4-17(15)24-16)20-9-11-21(12-10-20)19(23)14-5-6-14/h1-4,7-8,13-14H,5-6,9-12H2. The third kappa shape index (κ3) is 3.07. The number of hydrogen-bond acceptors (Lipinski definition) is 3. The molecule has 0 atom stereocenters. The highest BCUT2D eigenvalue weighted by Crippen LogP contribution is 2.31. The average Bonchev–Trinajstić information content (AvgIpc) is 3.38. The maximum Gasteiger partial charge on any atom is 0.246 e. The summed E-state index contributed by atoms with van der Waals surface area (Å²) in [6.07, 6.45) is 5.32. The minimum absolute atomic E-state index is 0.0334. The molecule has 0 spiro atoms. The van der Waals surface area contributed by atoms with E-state index in [2.05, 4.69) is 0 Å². The van der Waals surface area contributed by atoms with Crippen molar-refractivity contribution in [2.45, 2.75) is 12.8 Å². The largest absolute Gasteiger partial charge is 0.457 e. The molecule has 2 aliphatic rings. The lowest BCUT2D eigenvalue weighted by Crippen LogP contribution is -2.50. The second-order valence-electron chi connectivity index (χ2n) is 6.44. The molecule has 1 aliphatic heterocycles. The Bertz CT molecular complexity index is 763. The first-order valence-electron chi connectivity index (χ1n) is 8.45. The Morgan fingerprint density at radius 1 is 1.04 bits per heavy atom. The van der Waals surface area contributed by atoms with Crippen molar-refractivity contribution in [1.82, 2.24) is 9.80 Å². The fourth-order valence-electron chi connectivity index (χ4n) is 3.08. The van der Waals surface area contributed by atoms with Gasteiger partial charge in [0.25, 0.3) is 0 Å². The van der Waals surface area contributed by atoms with Gasteiger partial charge in [-0.3, -0.25) is 9.59 Å². The number of piperazine rings is 1. The molecule has 124 valence electrons. The van der Waals surface area contributed by atoms with Gasteiger partial charge < -0.3 is 14.2 Å². The van der Waals surface area contributed by atoms with Crippen molar-refractivity contribution >= 4 is 28.9 Å². The van der Waals surface area contributed by atoms with Crippen molar-refractivity contribution in [2.24, 2.45) is 5.92 Å². The monoisotopic (exact) mass is 324 g/mol. The van der Waals surface area contributed by atoms with Gasteiger partial charge in [-0.2, -0.15) is 0 Å². The first kappa shape index (κ1) is 15.0. The third-order valence-corrected chi connectivity index (χ3v) is 4.66. The molecule has 0 radical (unpaired) electrons. The van der Waals surface area contributed by atoms with Gasteiger partial charge >= 0.3 is 0 Å². The maximum absolute atomic E-state index is 12.3. The SMILES string of the molecule is O=C(C=Cc1cc2ccccc2o1)N1CCN(C(=O)C2CC2)CC1. The number of nitrogens with zero attached hydrogens (tertiary/aromatic N) is 2. The average molecular weight is 324 g/mol. The number of rotatable bonds is 3. The predicted octanol–water partition coefficient (Wildman–Crippen LogP) is 2.53. The van der Waals surface area contributed by atoms with Crippen molar-refractivity contribution in [3.63, 3.8) is 0 Å². The van der Waals surface area contributed by atoms with Gasteiger partial charge in [0.2, 0.25) is 11.8 Å². The molecule has 4 rings (SSSR count). The zero-order valence-electron chi connectivity index (χ0n) is 13.5. The van der Waals surface area contributed by atoms with Crippen LogP contribution in [0.2, 0.25) is 0 Å². The van der Waals surface area contributed by atoms with Crippen LogP contribution in [0.5, 0.6) is 0 Å². The van der Waals surface area contributed by atoms with Crippen LogP contribution in [0.15, 0.2) is 40.8 Å². The van der Waals surface area contributed by atoms with E-state index in [1.165, 1.54) is 0 Å². The second-order valence-corrected chi connectivity index (χ2v) is 6.44. The molecule has 1 aromatic heterocycles. The summed E-state index contributed by atoms with van der Waals surface area (Å²) in [4.78, 5) is 28.0. The summed E-state index contributed by atoms with van der Waals surface area (Å²) in [6, 6.07) is 9.69. The van der Waals surface area contributed by atoms with E-state index in [-0.39, 0.29) is 17.7 Å². The fraction of sp³-hybridized carbons (Fsp3) is 0.368. The number of para-hydroxylation sites is 1. The van der Waals surface area contributed by atoms with Crippen LogP contribution in [-0.4, -0.2) is 47.8 Å². The minimum Gasteiger partial charge on any atom is -0.457 e. The summed E-state index contributed by atoms with van der Waals surface area (Å²) in [5.41, 5.74) is 0.816. The van der Waals surface area contributed by atoms with Crippen molar-refractivity contribution in [3.05, 3.63) is 42.2 Å². The normalized spacial score (nSPS) is 18.5. The number of carbonyl (C=O) groups excluding carboxylic acids is 2. The van der Waals surface area contributed by atoms with Crippen LogP contribution in [0.25, 0.3) is 17.0 Å². The summed E-state index contributed by atoms with van der Waals surface area (Å²) < 4.78 is 5.68. The van der Waals surface area contributed by atoms with Crippen molar-refractivity contribution in [2.75, 3.05) is 26.2 Å². The smallest absolute Gasteiger partial charge is 0.246 e. The Morgan fingerprint density at radius 3 is 2.46 bits per heavy atom. The highest BCUT2D eigenvalue weighted by atomic mass is 16.3. The Kier molecular flexibility index (Phi) is 3.84. The topological polar surface area (TPSA) is 53.8 Å². The fourth-order valence-corrected chi connectivity index (χ4v) is 3.08. The molecule has 1 saturated heterocycles. The zero-order valence-corrected chi connectivity index (χ0v) is 13.5. The highest BCUT2D eigenvalue weighted by Gasteiger charge is 2.34. The number of amides is 2. The van der Waals surface area contributed by atoms with Crippen LogP contribution in [0.4, 0.5) is 0 Å². The molecule has 2 aromatic rings. The van der Waals surface area contributed by atoms with E-state index in [4.69, 9.17) is 4.42 Å². The number of carbonyl (C=O) groups is 2. The molecule has 1 saturated carbocycles. The van der Waals surface area contributed by atoms with Gasteiger partial charge in [-0.05, 0) is 31.1 Å². The molecule has 2 amide bonds. The number of benzene rings is 1. The van der Waals surface area contributed by atoms with Crippen LogP contribution in [0.1, 0.15) is 18.6 Å². The second kappa shape index (κ2) is 6.15. The number of fused-ring (bicyclic) bond motifs is 1. The van der Waals surface area contributed by atoms with E-state index in [0.29, 0.717) is 31.9 Å². The third-order valence-electron chi connectivity index (χ3n) is 4.66. The van der Waals surface area contributed by atoms with Gasteiger partial charge in [0.15, 0.2) is 0 Å². The lowest BCUT2D eigenvalue weighted by Gasteiger charge is -2.34. The molecule has 1 aliphatic carbocycles. The zero-order chi connectivity index (χ0) is 16.5. The first-order chi connectivity index (χ1) is 11.7. The molecular weight excluding hydrogens is 304 g/mol. The van der Waals surface area contributed by atoms with E-state index < -0.39 is 0 Å². The van der Waals surface area contributed by atoms with Gasteiger partial charge in [-0.1, -0.05) is 18.2 Å². The van der Waals surface area contributed by atoms with Crippen LogP contribution < -0.4 is 0 Å². The molecule has 0 unspecified atom stereocenters. The molecule has 5 nitrogen and oxygen atoms in total. The highest BCUT2D eigenvalue weighted by molar-refractivity contribution is 5.92. The minimum atomic E-state index is -0.0334. The Labute approximate surface area is 140 Å². The summed E-state index contributed by atoms with van der Waals surface area (Å²) in [7, 11) is 0. The molecule has 5 heteroatoms. The molecule has 1 aromatic carbocycles. The van der Waals surface area contributed by atoms with Crippen LogP contribution >= 0.6 is 0 Å². The van der Waals surface area contributed by atoms with Gasteiger partial charge in [-0.25, -0.2) is 0 Å². The Morgan fingerprint density at radius 2 is 1.75 bits per heavy atom. The van der Waals surface area contributed by atoms with Crippen LogP contribution in [-0.2, 0) is 9.59 Å². The van der Waals surface area contributed by atoms with Crippen molar-refractivity contribution in [1.29, 1.82) is 0 Å². The van der Waals surface area contributed by atoms with Gasteiger partial charge in [-0.15, -0.1) is 0 Å². The van der Waals surface area contributed by atoms with E-state index in [0.717, 1.165) is 23.8 Å². The molecular formula is C19H20N2O3. The molecule has 2 fully saturated rings. The molecule has 0 bridgehead atoms.